The lowest BCUT2D eigenvalue weighted by atomic mass is 10.1. The smallest absolute Gasteiger partial charge is 0.269 e. The Morgan fingerprint density at radius 2 is 1.75 bits per heavy atom. The highest BCUT2D eigenvalue weighted by Gasteiger charge is 2.10. The molecular formula is C15H14N2O3. The largest absolute Gasteiger partial charge is 0.322 e. The van der Waals surface area contributed by atoms with Crippen LogP contribution in [0.4, 0.5) is 11.4 Å². The summed E-state index contributed by atoms with van der Waals surface area (Å²) in [5.74, 6) is -0.284. The number of hydrogen-bond acceptors (Lipinski definition) is 3. The minimum Gasteiger partial charge on any atom is -0.322 e. The van der Waals surface area contributed by atoms with Crippen LogP contribution in [0.2, 0.25) is 0 Å². The van der Waals surface area contributed by atoms with Crippen molar-refractivity contribution in [1.29, 1.82) is 0 Å². The van der Waals surface area contributed by atoms with E-state index < -0.39 is 4.92 Å². The number of hydrogen-bond donors (Lipinski definition) is 1. The van der Waals surface area contributed by atoms with E-state index in [-0.39, 0.29) is 11.6 Å². The molecule has 0 unspecified atom stereocenters. The van der Waals surface area contributed by atoms with Crippen molar-refractivity contribution in [3.8, 4) is 0 Å². The summed E-state index contributed by atoms with van der Waals surface area (Å²) in [6.07, 6.45) is 0. The number of nitrogens with zero attached hydrogens (tertiary/aromatic N) is 1. The van der Waals surface area contributed by atoms with E-state index in [2.05, 4.69) is 5.32 Å². The van der Waals surface area contributed by atoms with E-state index in [0.29, 0.717) is 5.56 Å². The van der Waals surface area contributed by atoms with Crippen LogP contribution in [0.15, 0.2) is 42.5 Å². The molecule has 5 heteroatoms. The van der Waals surface area contributed by atoms with Gasteiger partial charge in [0, 0.05) is 23.4 Å². The average molecular weight is 270 g/mol. The molecule has 20 heavy (non-hydrogen) atoms. The fourth-order valence-corrected chi connectivity index (χ4v) is 1.80. The van der Waals surface area contributed by atoms with Crippen molar-refractivity contribution in [2.75, 3.05) is 5.32 Å². The zero-order valence-corrected chi connectivity index (χ0v) is 11.2. The molecule has 102 valence electrons. The number of amides is 1. The quantitative estimate of drug-likeness (QED) is 0.685. The Balaban J connectivity index is 2.19. The lowest BCUT2D eigenvalue weighted by molar-refractivity contribution is -0.384. The summed E-state index contributed by atoms with van der Waals surface area (Å²) >= 11 is 0. The number of nitro benzene ring substituents is 1. The predicted molar refractivity (Wildman–Crippen MR) is 77.0 cm³/mol. The topological polar surface area (TPSA) is 72.2 Å². The van der Waals surface area contributed by atoms with Crippen LogP contribution in [0.25, 0.3) is 0 Å². The van der Waals surface area contributed by atoms with Crippen LogP contribution in [0, 0.1) is 24.0 Å². The van der Waals surface area contributed by atoms with Gasteiger partial charge in [-0.05, 0) is 43.2 Å². The molecule has 0 saturated carbocycles. The van der Waals surface area contributed by atoms with E-state index in [1.807, 2.05) is 32.0 Å². The Bertz CT molecular complexity index is 663. The minimum absolute atomic E-state index is 0.0340. The second kappa shape index (κ2) is 5.52. The zero-order chi connectivity index (χ0) is 14.7. The van der Waals surface area contributed by atoms with Gasteiger partial charge in [0.2, 0.25) is 0 Å². The van der Waals surface area contributed by atoms with Gasteiger partial charge in [-0.3, -0.25) is 14.9 Å². The van der Waals surface area contributed by atoms with E-state index in [1.165, 1.54) is 24.3 Å². The molecule has 0 aliphatic carbocycles. The first kappa shape index (κ1) is 13.7. The van der Waals surface area contributed by atoms with Crippen molar-refractivity contribution >= 4 is 17.3 Å². The van der Waals surface area contributed by atoms with Gasteiger partial charge >= 0.3 is 0 Å². The number of aryl methyl sites for hydroxylation is 2. The van der Waals surface area contributed by atoms with Crippen LogP contribution in [0.1, 0.15) is 21.5 Å². The van der Waals surface area contributed by atoms with Gasteiger partial charge in [0.25, 0.3) is 11.6 Å². The summed E-state index contributed by atoms with van der Waals surface area (Å²) in [6, 6.07) is 11.3. The third kappa shape index (κ3) is 3.00. The first-order valence-corrected chi connectivity index (χ1v) is 6.10. The van der Waals surface area contributed by atoms with Gasteiger partial charge in [0.05, 0.1) is 4.92 Å². The van der Waals surface area contributed by atoms with E-state index in [4.69, 9.17) is 0 Å². The number of rotatable bonds is 3. The molecule has 2 rings (SSSR count). The first-order valence-electron chi connectivity index (χ1n) is 6.10. The van der Waals surface area contributed by atoms with Crippen LogP contribution in [0.3, 0.4) is 0 Å². The standard InChI is InChI=1S/C15H14N2O3/c1-10-3-4-11(2)14(9-10)16-15(18)12-5-7-13(8-6-12)17(19)20/h3-9H,1-2H3,(H,16,18). The maximum Gasteiger partial charge on any atom is 0.269 e. The van der Waals surface area contributed by atoms with Crippen LogP contribution in [-0.4, -0.2) is 10.8 Å². The van der Waals surface area contributed by atoms with Gasteiger partial charge < -0.3 is 5.32 Å². The number of benzene rings is 2. The van der Waals surface area contributed by atoms with Crippen LogP contribution >= 0.6 is 0 Å². The Morgan fingerprint density at radius 1 is 1.10 bits per heavy atom. The summed E-state index contributed by atoms with van der Waals surface area (Å²) in [5, 5.41) is 13.4. The molecule has 0 radical (unpaired) electrons. The SMILES string of the molecule is Cc1ccc(C)c(NC(=O)c2ccc([N+](=O)[O-])cc2)c1. The summed E-state index contributed by atoms with van der Waals surface area (Å²) in [5.41, 5.74) is 3.11. The summed E-state index contributed by atoms with van der Waals surface area (Å²) in [7, 11) is 0. The normalized spacial score (nSPS) is 10.1. The minimum atomic E-state index is -0.494. The molecule has 0 heterocycles. The average Bonchev–Trinajstić information content (AvgIpc) is 2.43. The Kier molecular flexibility index (Phi) is 3.79. The molecule has 1 amide bonds. The number of anilines is 1. The highest BCUT2D eigenvalue weighted by molar-refractivity contribution is 6.04. The lowest BCUT2D eigenvalue weighted by Gasteiger charge is -2.09. The first-order chi connectivity index (χ1) is 9.47. The maximum absolute atomic E-state index is 12.1. The molecule has 0 aromatic heterocycles. The maximum atomic E-state index is 12.1. The number of nitrogens with one attached hydrogen (secondary N) is 1. The molecule has 2 aromatic rings. The Labute approximate surface area is 116 Å². The number of carbonyl (C=O) groups is 1. The monoisotopic (exact) mass is 270 g/mol. The molecule has 0 saturated heterocycles. The van der Waals surface area contributed by atoms with Crippen LogP contribution in [-0.2, 0) is 0 Å². The van der Waals surface area contributed by atoms with Crippen molar-refractivity contribution in [3.05, 3.63) is 69.3 Å². The van der Waals surface area contributed by atoms with Crippen molar-refractivity contribution in [3.63, 3.8) is 0 Å². The molecule has 0 aliphatic heterocycles. The van der Waals surface area contributed by atoms with E-state index >= 15 is 0 Å². The van der Waals surface area contributed by atoms with Crippen molar-refractivity contribution in [1.82, 2.24) is 0 Å². The predicted octanol–water partition coefficient (Wildman–Crippen LogP) is 3.46. The van der Waals surface area contributed by atoms with Gasteiger partial charge in [-0.25, -0.2) is 0 Å². The summed E-state index contributed by atoms with van der Waals surface area (Å²) < 4.78 is 0. The van der Waals surface area contributed by atoms with Crippen molar-refractivity contribution in [2.45, 2.75) is 13.8 Å². The number of nitro groups is 1. The van der Waals surface area contributed by atoms with Gasteiger partial charge in [-0.1, -0.05) is 12.1 Å². The molecule has 0 spiro atoms. The molecule has 0 bridgehead atoms. The Hall–Kier alpha value is -2.69. The molecule has 0 atom stereocenters. The second-order valence-electron chi connectivity index (χ2n) is 4.58. The zero-order valence-electron chi connectivity index (χ0n) is 11.2. The fourth-order valence-electron chi connectivity index (χ4n) is 1.80. The molecule has 2 aromatic carbocycles. The number of non-ortho nitro benzene ring substituents is 1. The van der Waals surface area contributed by atoms with Gasteiger partial charge in [0.1, 0.15) is 0 Å². The van der Waals surface area contributed by atoms with E-state index in [9.17, 15) is 14.9 Å². The van der Waals surface area contributed by atoms with E-state index in [1.54, 1.807) is 0 Å². The number of carbonyl (C=O) groups excluding carboxylic acids is 1. The third-order valence-electron chi connectivity index (χ3n) is 2.98. The van der Waals surface area contributed by atoms with E-state index in [0.717, 1.165) is 16.8 Å². The Morgan fingerprint density at radius 3 is 2.35 bits per heavy atom. The van der Waals surface area contributed by atoms with Crippen LogP contribution in [0.5, 0.6) is 0 Å². The van der Waals surface area contributed by atoms with Crippen LogP contribution < -0.4 is 5.32 Å². The molecule has 1 N–H and O–H groups in total. The highest BCUT2D eigenvalue weighted by atomic mass is 16.6. The summed E-state index contributed by atoms with van der Waals surface area (Å²) in [4.78, 5) is 22.1. The molecular weight excluding hydrogens is 256 g/mol. The second-order valence-corrected chi connectivity index (χ2v) is 4.58. The van der Waals surface area contributed by atoms with Gasteiger partial charge in [-0.2, -0.15) is 0 Å². The fraction of sp³-hybridized carbons (Fsp3) is 0.133. The van der Waals surface area contributed by atoms with Crippen molar-refractivity contribution in [2.24, 2.45) is 0 Å². The molecule has 5 nitrogen and oxygen atoms in total. The van der Waals surface area contributed by atoms with Gasteiger partial charge in [0.15, 0.2) is 0 Å². The third-order valence-corrected chi connectivity index (χ3v) is 2.98. The lowest BCUT2D eigenvalue weighted by Crippen LogP contribution is -2.12. The summed E-state index contributed by atoms with van der Waals surface area (Å²) in [6.45, 7) is 3.85. The highest BCUT2D eigenvalue weighted by Crippen LogP contribution is 2.18. The van der Waals surface area contributed by atoms with Crippen molar-refractivity contribution < 1.29 is 9.72 Å². The molecule has 0 fully saturated rings. The van der Waals surface area contributed by atoms with Gasteiger partial charge in [-0.15, -0.1) is 0 Å². The molecule has 0 aliphatic rings.